The molecule has 2 N–H and O–H groups in total. The summed E-state index contributed by atoms with van der Waals surface area (Å²) in [5, 5.41) is 1.13. The number of halogens is 2. The highest BCUT2D eigenvalue weighted by Crippen LogP contribution is 2.29. The van der Waals surface area contributed by atoms with Gasteiger partial charge >= 0.3 is 0 Å². The van der Waals surface area contributed by atoms with Gasteiger partial charge in [-0.3, -0.25) is 4.98 Å². The standard InChI is InChI=1S/C15H16Cl2N2O/c1-2-5-20-12-6-10(8-19-9-12)15(18)13-4-3-11(16)7-14(13)17/h3-4,6-9,15H,2,5,18H2,1H3. The number of ether oxygens (including phenoxy) is 1. The molecule has 0 amide bonds. The maximum Gasteiger partial charge on any atom is 0.137 e. The molecule has 1 atom stereocenters. The van der Waals surface area contributed by atoms with Crippen LogP contribution in [0.1, 0.15) is 30.5 Å². The third kappa shape index (κ3) is 3.63. The van der Waals surface area contributed by atoms with Crippen LogP contribution < -0.4 is 10.5 Å². The molecule has 2 aromatic rings. The molecule has 0 bridgehead atoms. The molecule has 0 aliphatic rings. The molecule has 0 saturated heterocycles. The highest BCUT2D eigenvalue weighted by atomic mass is 35.5. The van der Waals surface area contributed by atoms with Crippen LogP contribution in [0.25, 0.3) is 0 Å². The van der Waals surface area contributed by atoms with E-state index in [2.05, 4.69) is 11.9 Å². The molecule has 0 fully saturated rings. The Bertz CT molecular complexity index is 590. The SMILES string of the molecule is CCCOc1cncc(C(N)c2ccc(Cl)cc2Cl)c1. The van der Waals surface area contributed by atoms with Gasteiger partial charge in [0.15, 0.2) is 0 Å². The molecular formula is C15H16Cl2N2O. The number of nitrogens with zero attached hydrogens (tertiary/aromatic N) is 1. The van der Waals surface area contributed by atoms with Crippen LogP contribution in [0.5, 0.6) is 5.75 Å². The normalized spacial score (nSPS) is 12.2. The van der Waals surface area contributed by atoms with Gasteiger partial charge in [0, 0.05) is 16.2 Å². The van der Waals surface area contributed by atoms with Crippen molar-refractivity contribution in [2.45, 2.75) is 19.4 Å². The van der Waals surface area contributed by atoms with Crippen LogP contribution >= 0.6 is 23.2 Å². The predicted octanol–water partition coefficient (Wildman–Crippen LogP) is 4.23. The van der Waals surface area contributed by atoms with Gasteiger partial charge in [0.05, 0.1) is 18.8 Å². The fourth-order valence-corrected chi connectivity index (χ4v) is 2.36. The lowest BCUT2D eigenvalue weighted by Crippen LogP contribution is -2.13. The monoisotopic (exact) mass is 310 g/mol. The highest BCUT2D eigenvalue weighted by molar-refractivity contribution is 6.35. The minimum Gasteiger partial charge on any atom is -0.492 e. The van der Waals surface area contributed by atoms with Gasteiger partial charge in [-0.2, -0.15) is 0 Å². The first-order chi connectivity index (χ1) is 9.61. The summed E-state index contributed by atoms with van der Waals surface area (Å²) in [5.41, 5.74) is 7.90. The van der Waals surface area contributed by atoms with Gasteiger partial charge in [0.2, 0.25) is 0 Å². The molecule has 1 heterocycles. The molecule has 3 nitrogen and oxygen atoms in total. The second-order valence-electron chi connectivity index (χ2n) is 4.45. The Morgan fingerprint density at radius 3 is 2.75 bits per heavy atom. The van der Waals surface area contributed by atoms with E-state index in [-0.39, 0.29) is 6.04 Å². The molecule has 20 heavy (non-hydrogen) atoms. The Labute approximate surface area is 128 Å². The molecule has 0 radical (unpaired) electrons. The Hall–Kier alpha value is -1.29. The van der Waals surface area contributed by atoms with Gasteiger partial charge in [-0.25, -0.2) is 0 Å². The third-order valence-electron chi connectivity index (χ3n) is 2.86. The molecule has 0 aliphatic carbocycles. The van der Waals surface area contributed by atoms with Crippen LogP contribution in [-0.4, -0.2) is 11.6 Å². The van der Waals surface area contributed by atoms with Crippen molar-refractivity contribution >= 4 is 23.2 Å². The molecule has 106 valence electrons. The third-order valence-corrected chi connectivity index (χ3v) is 3.43. The average molecular weight is 311 g/mol. The van der Waals surface area contributed by atoms with Gasteiger partial charge in [0.25, 0.3) is 0 Å². The van der Waals surface area contributed by atoms with E-state index in [4.69, 9.17) is 33.7 Å². The quantitative estimate of drug-likeness (QED) is 0.899. The number of hydrogen-bond donors (Lipinski definition) is 1. The van der Waals surface area contributed by atoms with E-state index in [0.29, 0.717) is 22.4 Å². The molecule has 0 saturated carbocycles. The van der Waals surface area contributed by atoms with Crippen molar-refractivity contribution in [3.63, 3.8) is 0 Å². The molecule has 0 aliphatic heterocycles. The summed E-state index contributed by atoms with van der Waals surface area (Å²) in [6.07, 6.45) is 4.34. The fourth-order valence-electron chi connectivity index (χ4n) is 1.84. The summed E-state index contributed by atoms with van der Waals surface area (Å²) in [4.78, 5) is 4.16. The Kier molecular flexibility index (Phi) is 5.24. The summed E-state index contributed by atoms with van der Waals surface area (Å²) in [6, 6.07) is 6.81. The van der Waals surface area contributed by atoms with Crippen LogP contribution in [-0.2, 0) is 0 Å². The summed E-state index contributed by atoms with van der Waals surface area (Å²) in [7, 11) is 0. The zero-order valence-corrected chi connectivity index (χ0v) is 12.7. The summed E-state index contributed by atoms with van der Waals surface area (Å²) in [5.74, 6) is 0.713. The zero-order chi connectivity index (χ0) is 14.5. The van der Waals surface area contributed by atoms with Crippen LogP contribution in [0, 0.1) is 0 Å². The first-order valence-corrected chi connectivity index (χ1v) is 7.15. The van der Waals surface area contributed by atoms with Crippen molar-refractivity contribution < 1.29 is 4.74 Å². The van der Waals surface area contributed by atoms with Crippen LogP contribution in [0.2, 0.25) is 10.0 Å². The minimum atomic E-state index is -0.363. The van der Waals surface area contributed by atoms with Crippen LogP contribution in [0.4, 0.5) is 0 Å². The molecule has 5 heteroatoms. The summed E-state index contributed by atoms with van der Waals surface area (Å²) < 4.78 is 5.56. The van der Waals surface area contributed by atoms with Crippen LogP contribution in [0.3, 0.4) is 0 Å². The van der Waals surface area contributed by atoms with Gasteiger partial charge in [-0.05, 0) is 35.7 Å². The number of pyridine rings is 1. The minimum absolute atomic E-state index is 0.363. The largest absolute Gasteiger partial charge is 0.492 e. The van der Waals surface area contributed by atoms with E-state index >= 15 is 0 Å². The first-order valence-electron chi connectivity index (χ1n) is 6.40. The van der Waals surface area contributed by atoms with Crippen molar-refractivity contribution in [1.29, 1.82) is 0 Å². The summed E-state index contributed by atoms with van der Waals surface area (Å²) in [6.45, 7) is 2.71. The number of nitrogens with two attached hydrogens (primary N) is 1. The van der Waals surface area contributed by atoms with E-state index in [0.717, 1.165) is 17.5 Å². The van der Waals surface area contributed by atoms with E-state index in [1.807, 2.05) is 12.1 Å². The Balaban J connectivity index is 2.26. The number of hydrogen-bond acceptors (Lipinski definition) is 3. The van der Waals surface area contributed by atoms with E-state index in [1.54, 1.807) is 24.5 Å². The average Bonchev–Trinajstić information content (AvgIpc) is 2.45. The molecule has 1 unspecified atom stereocenters. The smallest absolute Gasteiger partial charge is 0.137 e. The van der Waals surface area contributed by atoms with Crippen molar-refractivity contribution in [3.8, 4) is 5.75 Å². The Morgan fingerprint density at radius 2 is 2.05 bits per heavy atom. The van der Waals surface area contributed by atoms with E-state index in [1.165, 1.54) is 0 Å². The molecule has 2 rings (SSSR count). The number of benzene rings is 1. The first kappa shape index (κ1) is 15.1. The number of rotatable bonds is 5. The van der Waals surface area contributed by atoms with Gasteiger partial charge in [-0.1, -0.05) is 36.2 Å². The maximum absolute atomic E-state index is 6.24. The van der Waals surface area contributed by atoms with Crippen LogP contribution in [0.15, 0.2) is 36.7 Å². The van der Waals surface area contributed by atoms with Gasteiger partial charge < -0.3 is 10.5 Å². The predicted molar refractivity (Wildman–Crippen MR) is 82.5 cm³/mol. The van der Waals surface area contributed by atoms with Crippen molar-refractivity contribution in [1.82, 2.24) is 4.98 Å². The fraction of sp³-hybridized carbons (Fsp3) is 0.267. The lowest BCUT2D eigenvalue weighted by Gasteiger charge is -2.15. The molecular weight excluding hydrogens is 295 g/mol. The second-order valence-corrected chi connectivity index (χ2v) is 5.29. The maximum atomic E-state index is 6.24. The number of aromatic nitrogens is 1. The van der Waals surface area contributed by atoms with Gasteiger partial charge in [-0.15, -0.1) is 0 Å². The molecule has 1 aromatic heterocycles. The highest BCUT2D eigenvalue weighted by Gasteiger charge is 2.14. The lowest BCUT2D eigenvalue weighted by molar-refractivity contribution is 0.315. The van der Waals surface area contributed by atoms with E-state index < -0.39 is 0 Å². The topological polar surface area (TPSA) is 48.1 Å². The second kappa shape index (κ2) is 6.93. The molecule has 1 aromatic carbocycles. The van der Waals surface area contributed by atoms with Crippen molar-refractivity contribution in [3.05, 3.63) is 57.8 Å². The van der Waals surface area contributed by atoms with Crippen molar-refractivity contribution in [2.75, 3.05) is 6.61 Å². The van der Waals surface area contributed by atoms with Crippen molar-refractivity contribution in [2.24, 2.45) is 5.73 Å². The lowest BCUT2D eigenvalue weighted by atomic mass is 10.0. The molecule has 0 spiro atoms. The van der Waals surface area contributed by atoms with E-state index in [9.17, 15) is 0 Å². The summed E-state index contributed by atoms with van der Waals surface area (Å²) >= 11 is 12.1. The van der Waals surface area contributed by atoms with Gasteiger partial charge in [0.1, 0.15) is 5.75 Å². The Morgan fingerprint density at radius 1 is 1.25 bits per heavy atom. The zero-order valence-electron chi connectivity index (χ0n) is 11.1.